The van der Waals surface area contributed by atoms with E-state index in [1.165, 1.54) is 56.2 Å². The minimum Gasteiger partial charge on any atom is -0.494 e. The van der Waals surface area contributed by atoms with Crippen LogP contribution in [0.25, 0.3) is 10.2 Å². The van der Waals surface area contributed by atoms with E-state index in [2.05, 4.69) is 38.3 Å². The van der Waals surface area contributed by atoms with E-state index in [4.69, 9.17) is 33.8 Å². The topological polar surface area (TPSA) is 143 Å². The van der Waals surface area contributed by atoms with Crippen LogP contribution in [0.1, 0.15) is 152 Å². The molecule has 0 saturated heterocycles. The summed E-state index contributed by atoms with van der Waals surface area (Å²) in [6, 6.07) is 21.4. The third kappa shape index (κ3) is 17.5. The Kier molecular flexibility index (Phi) is 22.5. The second kappa shape index (κ2) is 29.4. The number of para-hydroxylation sites is 1. The van der Waals surface area contributed by atoms with Crippen LogP contribution in [0.3, 0.4) is 0 Å². The van der Waals surface area contributed by atoms with E-state index in [1.54, 1.807) is 35.6 Å². The van der Waals surface area contributed by atoms with Crippen LogP contribution in [0.4, 0.5) is 5.13 Å². The van der Waals surface area contributed by atoms with Gasteiger partial charge < -0.3 is 23.7 Å². The van der Waals surface area contributed by atoms with Crippen LogP contribution in [0.2, 0.25) is 0 Å². The maximum absolute atomic E-state index is 13.9. The maximum Gasteiger partial charge on any atom is 0.330 e. The number of anilines is 1. The molecule has 0 amide bonds. The number of hydrazone groups is 1. The van der Waals surface area contributed by atoms with Gasteiger partial charge in [-0.25, -0.2) is 19.6 Å². The summed E-state index contributed by atoms with van der Waals surface area (Å²) in [5.74, 6) is 0.797. The minimum absolute atomic E-state index is 0.296. The number of nitrogens with zero attached hydrogens (tertiary/aromatic N) is 3. The van der Waals surface area contributed by atoms with E-state index in [0.29, 0.717) is 75.2 Å². The molecule has 3 aromatic carbocycles. The highest BCUT2D eigenvalue weighted by Gasteiger charge is 2.33. The lowest BCUT2D eigenvalue weighted by atomic mass is 9.77. The van der Waals surface area contributed by atoms with Gasteiger partial charge in [0.1, 0.15) is 17.2 Å². The lowest BCUT2D eigenvalue weighted by molar-refractivity contribution is -0.145. The van der Waals surface area contributed by atoms with Gasteiger partial charge in [-0.05, 0) is 162 Å². The number of fused-ring (bicyclic) bond motifs is 1. The molecule has 12 nitrogen and oxygen atoms in total. The van der Waals surface area contributed by atoms with Crippen molar-refractivity contribution in [3.63, 3.8) is 0 Å². The molecule has 13 heteroatoms. The van der Waals surface area contributed by atoms with Gasteiger partial charge in [0.2, 0.25) is 5.13 Å². The number of benzene rings is 3. The fourth-order valence-corrected chi connectivity index (χ4v) is 10.2. The number of carbonyl (C=O) groups is 4. The standard InChI is InChI=1S/C57H73N3O9S/c1-4-7-12-19-42-22-24-43(25-23-42)46-30-35-51(47(40-46)41-58-60(36-15-8-9-17-38-66-53(61)5-2)57-59-50-20-13-14-21-52(50)70-57)69-56(64)45-28-26-44(27-29-45)55(63)68-49-33-31-48(32-34-49)65-37-16-10-11-18-39-67-54(62)6-3/h5-6,13-14,20-21,30-35,40-45H,2-4,7-12,15-19,22-29,36-39H2,1H3/b58-41+. The van der Waals surface area contributed by atoms with Crippen molar-refractivity contribution in [1.82, 2.24) is 4.98 Å². The Morgan fingerprint density at radius 3 is 1.94 bits per heavy atom. The molecular formula is C57H73N3O9S. The number of carbonyl (C=O) groups excluding carboxylic acids is 4. The molecule has 1 heterocycles. The zero-order valence-electron chi connectivity index (χ0n) is 41.2. The molecule has 0 unspecified atom stereocenters. The number of hydrogen-bond acceptors (Lipinski definition) is 13. The average molecular weight is 976 g/mol. The molecule has 0 aliphatic heterocycles. The largest absolute Gasteiger partial charge is 0.494 e. The predicted octanol–water partition coefficient (Wildman–Crippen LogP) is 13.3. The summed E-state index contributed by atoms with van der Waals surface area (Å²) in [5.41, 5.74) is 2.91. The third-order valence-corrected chi connectivity index (χ3v) is 14.5. The molecule has 1 aromatic heterocycles. The fourth-order valence-electron chi connectivity index (χ4n) is 9.28. The van der Waals surface area contributed by atoms with Crippen molar-refractivity contribution in [2.45, 2.75) is 141 Å². The molecule has 0 N–H and O–H groups in total. The molecule has 2 saturated carbocycles. The Balaban J connectivity index is 1.05. The lowest BCUT2D eigenvalue weighted by Gasteiger charge is -2.29. The first-order valence-corrected chi connectivity index (χ1v) is 26.6. The van der Waals surface area contributed by atoms with E-state index in [-0.39, 0.29) is 23.8 Å². The van der Waals surface area contributed by atoms with Crippen LogP contribution in [0, 0.1) is 17.8 Å². The van der Waals surface area contributed by atoms with E-state index >= 15 is 0 Å². The average Bonchev–Trinajstić information content (AvgIpc) is 3.83. The van der Waals surface area contributed by atoms with Crippen molar-refractivity contribution < 1.29 is 42.9 Å². The van der Waals surface area contributed by atoms with Gasteiger partial charge in [-0.3, -0.25) is 9.59 Å². The van der Waals surface area contributed by atoms with Crippen LogP contribution in [-0.4, -0.2) is 61.4 Å². The molecule has 4 aromatic rings. The molecule has 70 heavy (non-hydrogen) atoms. The number of esters is 4. The fraction of sp³-hybridized carbons (Fsp3) is 0.509. The Labute approximate surface area is 418 Å². The van der Waals surface area contributed by atoms with Gasteiger partial charge in [-0.1, -0.05) is 81.7 Å². The maximum atomic E-state index is 13.9. The van der Waals surface area contributed by atoms with Crippen molar-refractivity contribution >= 4 is 56.8 Å². The number of rotatable bonds is 29. The Morgan fingerprint density at radius 1 is 0.686 bits per heavy atom. The molecule has 0 radical (unpaired) electrons. The number of ether oxygens (including phenoxy) is 5. The summed E-state index contributed by atoms with van der Waals surface area (Å²) >= 11 is 1.59. The van der Waals surface area contributed by atoms with E-state index in [0.717, 1.165) is 91.0 Å². The zero-order chi connectivity index (χ0) is 49.3. The van der Waals surface area contributed by atoms with Crippen LogP contribution in [0.5, 0.6) is 17.2 Å². The van der Waals surface area contributed by atoms with Crippen LogP contribution >= 0.6 is 11.3 Å². The molecule has 2 aliphatic rings. The second-order valence-corrected chi connectivity index (χ2v) is 19.6. The predicted molar refractivity (Wildman–Crippen MR) is 278 cm³/mol. The van der Waals surface area contributed by atoms with Crippen molar-refractivity contribution in [2.75, 3.05) is 31.4 Å². The van der Waals surface area contributed by atoms with Gasteiger partial charge in [-0.15, -0.1) is 0 Å². The van der Waals surface area contributed by atoms with Crippen LogP contribution < -0.4 is 19.2 Å². The molecule has 0 spiro atoms. The van der Waals surface area contributed by atoms with Gasteiger partial charge >= 0.3 is 23.9 Å². The minimum atomic E-state index is -0.403. The summed E-state index contributed by atoms with van der Waals surface area (Å²) in [7, 11) is 0. The molecule has 0 atom stereocenters. The molecule has 6 rings (SSSR count). The number of aromatic nitrogens is 1. The number of hydrogen-bond donors (Lipinski definition) is 0. The highest BCUT2D eigenvalue weighted by Crippen LogP contribution is 2.40. The molecular weight excluding hydrogens is 903 g/mol. The molecule has 2 aliphatic carbocycles. The van der Waals surface area contributed by atoms with Gasteiger partial charge in [0.05, 0.1) is 48.1 Å². The quantitative estimate of drug-likeness (QED) is 0.0128. The summed E-state index contributed by atoms with van der Waals surface area (Å²) in [6.07, 6.45) is 23.2. The van der Waals surface area contributed by atoms with Gasteiger partial charge in [0.15, 0.2) is 0 Å². The Hall–Kier alpha value is -5.82. The van der Waals surface area contributed by atoms with Gasteiger partial charge in [0.25, 0.3) is 0 Å². The van der Waals surface area contributed by atoms with Crippen molar-refractivity contribution in [2.24, 2.45) is 22.9 Å². The normalized spacial score (nSPS) is 18.0. The van der Waals surface area contributed by atoms with E-state index in [1.807, 2.05) is 35.5 Å². The SMILES string of the molecule is C=CC(=O)OCCCCCCOc1ccc(OC(=O)C2CCC(C(=O)Oc3ccc(C4CCC(CCCCC)CC4)cc3/C=N/N(CCCCCCOC(=O)C=C)c3nc4ccccc4s3)CC2)cc1. The monoisotopic (exact) mass is 976 g/mol. The Morgan fingerprint density at radius 2 is 1.30 bits per heavy atom. The number of thiazole rings is 1. The zero-order valence-corrected chi connectivity index (χ0v) is 42.0. The van der Waals surface area contributed by atoms with Gasteiger partial charge in [-0.2, -0.15) is 5.10 Å². The molecule has 0 bridgehead atoms. The second-order valence-electron chi connectivity index (χ2n) is 18.6. The van der Waals surface area contributed by atoms with E-state index < -0.39 is 11.9 Å². The summed E-state index contributed by atoms with van der Waals surface area (Å²) < 4.78 is 29.1. The first-order valence-electron chi connectivity index (χ1n) is 25.8. The first-order chi connectivity index (χ1) is 34.2. The third-order valence-electron chi connectivity index (χ3n) is 13.4. The summed E-state index contributed by atoms with van der Waals surface area (Å²) in [4.78, 5) is 54.8. The van der Waals surface area contributed by atoms with Crippen molar-refractivity contribution in [3.05, 3.63) is 103 Å². The Bertz CT molecular complexity index is 2280. The van der Waals surface area contributed by atoms with Crippen molar-refractivity contribution in [1.29, 1.82) is 0 Å². The van der Waals surface area contributed by atoms with Crippen LogP contribution in [-0.2, 0) is 28.7 Å². The number of unbranched alkanes of at least 4 members (excludes halogenated alkanes) is 8. The van der Waals surface area contributed by atoms with Gasteiger partial charge in [0, 0.05) is 24.3 Å². The highest BCUT2D eigenvalue weighted by atomic mass is 32.1. The van der Waals surface area contributed by atoms with Crippen LogP contribution in [0.15, 0.2) is 97.1 Å². The summed E-state index contributed by atoms with van der Waals surface area (Å²) in [5, 5.41) is 7.80. The molecule has 376 valence electrons. The van der Waals surface area contributed by atoms with E-state index in [9.17, 15) is 19.2 Å². The smallest absolute Gasteiger partial charge is 0.330 e. The lowest BCUT2D eigenvalue weighted by Crippen LogP contribution is -2.30. The first kappa shape index (κ1) is 53.5. The molecule has 2 fully saturated rings. The highest BCUT2D eigenvalue weighted by molar-refractivity contribution is 7.22. The van der Waals surface area contributed by atoms with Crippen molar-refractivity contribution in [3.8, 4) is 17.2 Å². The summed E-state index contributed by atoms with van der Waals surface area (Å²) in [6.45, 7) is 11.1.